The lowest BCUT2D eigenvalue weighted by Crippen LogP contribution is -2.20. The van der Waals surface area contributed by atoms with Crippen LogP contribution in [-0.2, 0) is 4.79 Å². The smallest absolute Gasteiger partial charge is 0.262 e. The van der Waals surface area contributed by atoms with Crippen LogP contribution in [0.4, 0.5) is 5.69 Å². The van der Waals surface area contributed by atoms with Crippen molar-refractivity contribution in [3.05, 3.63) is 60.7 Å². The molecule has 0 saturated carbocycles. The van der Waals surface area contributed by atoms with Crippen LogP contribution in [0.3, 0.4) is 0 Å². The Hall–Kier alpha value is -3.21. The first-order valence-electron chi connectivity index (χ1n) is 7.82. The molecule has 5 nitrogen and oxygen atoms in total. The zero-order valence-electron chi connectivity index (χ0n) is 14.1. The number of carbonyl (C=O) groups is 1. The van der Waals surface area contributed by atoms with E-state index in [1.54, 1.807) is 32.4 Å². The highest BCUT2D eigenvalue weighted by atomic mass is 16.5. The van der Waals surface area contributed by atoms with E-state index in [1.165, 1.54) is 0 Å². The SMILES string of the molecule is COc1cc(NC(=O)COc2ccc3ccccc3c2)cc(OC)c1. The predicted octanol–water partition coefficient (Wildman–Crippen LogP) is 3.87. The van der Waals surface area contributed by atoms with Crippen LogP contribution in [0.15, 0.2) is 60.7 Å². The molecule has 0 saturated heterocycles. The van der Waals surface area contributed by atoms with Gasteiger partial charge in [-0.15, -0.1) is 0 Å². The minimum Gasteiger partial charge on any atom is -0.497 e. The van der Waals surface area contributed by atoms with Crippen LogP contribution < -0.4 is 19.5 Å². The Labute approximate surface area is 146 Å². The van der Waals surface area contributed by atoms with Crippen LogP contribution in [0.5, 0.6) is 17.2 Å². The van der Waals surface area contributed by atoms with Crippen LogP contribution in [0, 0.1) is 0 Å². The average Bonchev–Trinajstić information content (AvgIpc) is 2.65. The largest absolute Gasteiger partial charge is 0.497 e. The summed E-state index contributed by atoms with van der Waals surface area (Å²) < 4.78 is 16.0. The summed E-state index contributed by atoms with van der Waals surface area (Å²) in [7, 11) is 3.12. The average molecular weight is 337 g/mol. The molecule has 0 bridgehead atoms. The number of benzene rings is 3. The number of methoxy groups -OCH3 is 2. The van der Waals surface area contributed by atoms with Gasteiger partial charge in [0.2, 0.25) is 0 Å². The number of amides is 1. The van der Waals surface area contributed by atoms with E-state index < -0.39 is 0 Å². The van der Waals surface area contributed by atoms with Crippen molar-refractivity contribution < 1.29 is 19.0 Å². The van der Waals surface area contributed by atoms with Crippen LogP contribution in [0.25, 0.3) is 10.8 Å². The maximum atomic E-state index is 12.1. The minimum absolute atomic E-state index is 0.0855. The molecule has 3 rings (SSSR count). The second-order valence-electron chi connectivity index (χ2n) is 5.45. The molecule has 0 atom stereocenters. The molecule has 0 aromatic heterocycles. The van der Waals surface area contributed by atoms with Crippen molar-refractivity contribution in [1.29, 1.82) is 0 Å². The molecule has 0 aliphatic carbocycles. The van der Waals surface area contributed by atoms with Crippen molar-refractivity contribution in [3.63, 3.8) is 0 Å². The first-order chi connectivity index (χ1) is 12.2. The summed E-state index contributed by atoms with van der Waals surface area (Å²) in [6, 6.07) is 18.9. The van der Waals surface area contributed by atoms with Gasteiger partial charge in [-0.3, -0.25) is 4.79 Å². The normalized spacial score (nSPS) is 10.3. The Morgan fingerprint density at radius 2 is 1.52 bits per heavy atom. The van der Waals surface area contributed by atoms with E-state index in [4.69, 9.17) is 14.2 Å². The number of anilines is 1. The summed E-state index contributed by atoms with van der Waals surface area (Å²) in [5.74, 6) is 1.59. The van der Waals surface area contributed by atoms with Crippen LogP contribution in [0.2, 0.25) is 0 Å². The van der Waals surface area contributed by atoms with E-state index in [-0.39, 0.29) is 12.5 Å². The zero-order chi connectivity index (χ0) is 17.6. The number of rotatable bonds is 6. The van der Waals surface area contributed by atoms with Crippen molar-refractivity contribution >= 4 is 22.4 Å². The van der Waals surface area contributed by atoms with Gasteiger partial charge in [0.25, 0.3) is 5.91 Å². The predicted molar refractivity (Wildman–Crippen MR) is 97.6 cm³/mol. The fourth-order valence-corrected chi connectivity index (χ4v) is 2.48. The Bertz CT molecular complexity index is 870. The zero-order valence-corrected chi connectivity index (χ0v) is 14.1. The molecule has 0 aliphatic heterocycles. The number of ether oxygens (including phenoxy) is 3. The molecule has 0 spiro atoms. The second-order valence-corrected chi connectivity index (χ2v) is 5.45. The van der Waals surface area contributed by atoms with E-state index in [0.717, 1.165) is 10.8 Å². The first-order valence-corrected chi connectivity index (χ1v) is 7.82. The van der Waals surface area contributed by atoms with Gasteiger partial charge in [-0.25, -0.2) is 0 Å². The standard InChI is InChI=1S/C20H19NO4/c1-23-18-10-16(11-19(12-18)24-2)21-20(22)13-25-17-8-7-14-5-3-4-6-15(14)9-17/h3-12H,13H2,1-2H3,(H,21,22). The molecule has 1 N–H and O–H groups in total. The van der Waals surface area contributed by atoms with E-state index in [9.17, 15) is 4.79 Å². The maximum absolute atomic E-state index is 12.1. The Balaban J connectivity index is 1.64. The topological polar surface area (TPSA) is 56.8 Å². The molecule has 3 aromatic carbocycles. The third-order valence-electron chi connectivity index (χ3n) is 3.73. The van der Waals surface area contributed by atoms with E-state index in [0.29, 0.717) is 22.9 Å². The molecule has 0 fully saturated rings. The second kappa shape index (κ2) is 7.57. The lowest BCUT2D eigenvalue weighted by Gasteiger charge is -2.11. The molecule has 1 amide bonds. The maximum Gasteiger partial charge on any atom is 0.262 e. The van der Waals surface area contributed by atoms with Crippen molar-refractivity contribution in [1.82, 2.24) is 0 Å². The van der Waals surface area contributed by atoms with E-state index in [2.05, 4.69) is 5.32 Å². The molecule has 5 heteroatoms. The van der Waals surface area contributed by atoms with Gasteiger partial charge in [0, 0.05) is 23.9 Å². The Morgan fingerprint density at radius 3 is 2.20 bits per heavy atom. The number of fused-ring (bicyclic) bond motifs is 1. The highest BCUT2D eigenvalue weighted by Crippen LogP contribution is 2.26. The first kappa shape index (κ1) is 16.6. The molecule has 0 heterocycles. The Kier molecular flexibility index (Phi) is 5.04. The number of hydrogen-bond donors (Lipinski definition) is 1. The molecule has 0 aliphatic rings. The summed E-state index contributed by atoms with van der Waals surface area (Å²) in [6.07, 6.45) is 0. The molecule has 3 aromatic rings. The molecular weight excluding hydrogens is 318 g/mol. The quantitative estimate of drug-likeness (QED) is 0.742. The van der Waals surface area contributed by atoms with Crippen LogP contribution >= 0.6 is 0 Å². The number of carbonyl (C=O) groups excluding carboxylic acids is 1. The van der Waals surface area contributed by atoms with Gasteiger partial charge in [0.05, 0.1) is 14.2 Å². The molecular formula is C20H19NO4. The number of hydrogen-bond acceptors (Lipinski definition) is 4. The van der Waals surface area contributed by atoms with Gasteiger partial charge in [-0.2, -0.15) is 0 Å². The third kappa shape index (κ3) is 4.20. The molecule has 0 unspecified atom stereocenters. The molecule has 128 valence electrons. The van der Waals surface area contributed by atoms with Crippen LogP contribution in [-0.4, -0.2) is 26.7 Å². The van der Waals surface area contributed by atoms with Crippen molar-refractivity contribution in [2.75, 3.05) is 26.1 Å². The van der Waals surface area contributed by atoms with Crippen molar-refractivity contribution in [2.45, 2.75) is 0 Å². The lowest BCUT2D eigenvalue weighted by molar-refractivity contribution is -0.118. The summed E-state index contributed by atoms with van der Waals surface area (Å²) in [5.41, 5.74) is 0.586. The van der Waals surface area contributed by atoms with Gasteiger partial charge < -0.3 is 19.5 Å². The molecule has 25 heavy (non-hydrogen) atoms. The highest BCUT2D eigenvalue weighted by molar-refractivity contribution is 5.92. The fraction of sp³-hybridized carbons (Fsp3) is 0.150. The lowest BCUT2D eigenvalue weighted by atomic mass is 10.1. The van der Waals surface area contributed by atoms with E-state index >= 15 is 0 Å². The number of nitrogens with one attached hydrogen (secondary N) is 1. The van der Waals surface area contributed by atoms with Gasteiger partial charge in [-0.1, -0.05) is 30.3 Å². The van der Waals surface area contributed by atoms with Gasteiger partial charge in [-0.05, 0) is 22.9 Å². The Morgan fingerprint density at radius 1 is 0.840 bits per heavy atom. The van der Waals surface area contributed by atoms with Gasteiger partial charge >= 0.3 is 0 Å². The summed E-state index contributed by atoms with van der Waals surface area (Å²) in [4.78, 5) is 12.1. The summed E-state index contributed by atoms with van der Waals surface area (Å²) in [5, 5.41) is 4.97. The minimum atomic E-state index is -0.261. The van der Waals surface area contributed by atoms with Crippen LogP contribution in [0.1, 0.15) is 0 Å². The van der Waals surface area contributed by atoms with E-state index in [1.807, 2.05) is 42.5 Å². The summed E-state index contributed by atoms with van der Waals surface area (Å²) >= 11 is 0. The van der Waals surface area contributed by atoms with Crippen molar-refractivity contribution in [3.8, 4) is 17.2 Å². The van der Waals surface area contributed by atoms with Gasteiger partial charge in [0.1, 0.15) is 17.2 Å². The summed E-state index contributed by atoms with van der Waals surface area (Å²) in [6.45, 7) is -0.0855. The monoisotopic (exact) mass is 337 g/mol. The van der Waals surface area contributed by atoms with Gasteiger partial charge in [0.15, 0.2) is 6.61 Å². The third-order valence-corrected chi connectivity index (χ3v) is 3.73. The molecule has 0 radical (unpaired) electrons. The highest BCUT2D eigenvalue weighted by Gasteiger charge is 2.07. The fourth-order valence-electron chi connectivity index (χ4n) is 2.48. The van der Waals surface area contributed by atoms with Crippen molar-refractivity contribution in [2.24, 2.45) is 0 Å².